The monoisotopic (exact) mass is 363 g/mol. The predicted molar refractivity (Wildman–Crippen MR) is 103 cm³/mol. The van der Waals surface area contributed by atoms with Crippen molar-refractivity contribution in [2.45, 2.75) is 20.3 Å². The van der Waals surface area contributed by atoms with Crippen molar-refractivity contribution in [3.63, 3.8) is 0 Å². The minimum atomic E-state index is -0.369. The third kappa shape index (κ3) is 4.41. The van der Waals surface area contributed by atoms with Gasteiger partial charge >= 0.3 is 5.97 Å². The van der Waals surface area contributed by atoms with E-state index in [1.165, 1.54) is 0 Å². The molecule has 1 aromatic heterocycles. The second-order valence-electron chi connectivity index (χ2n) is 6.09. The van der Waals surface area contributed by atoms with Gasteiger partial charge in [0.05, 0.1) is 17.9 Å². The number of nitrogens with one attached hydrogen (secondary N) is 1. The first-order valence-electron chi connectivity index (χ1n) is 8.79. The van der Waals surface area contributed by atoms with Crippen LogP contribution < -0.4 is 5.32 Å². The van der Waals surface area contributed by atoms with Crippen molar-refractivity contribution in [2.24, 2.45) is 0 Å². The van der Waals surface area contributed by atoms with E-state index in [2.05, 4.69) is 10.4 Å². The fourth-order valence-electron chi connectivity index (χ4n) is 2.58. The van der Waals surface area contributed by atoms with Crippen LogP contribution in [0.2, 0.25) is 0 Å². The molecule has 6 heteroatoms. The Bertz CT molecular complexity index is 931. The van der Waals surface area contributed by atoms with Crippen molar-refractivity contribution >= 4 is 17.6 Å². The number of aryl methyl sites for hydroxylation is 1. The molecule has 1 amide bonds. The normalized spacial score (nSPS) is 10.4. The van der Waals surface area contributed by atoms with Crippen molar-refractivity contribution in [1.82, 2.24) is 9.78 Å². The number of hydrogen-bond acceptors (Lipinski definition) is 4. The van der Waals surface area contributed by atoms with Crippen LogP contribution in [0.1, 0.15) is 39.9 Å². The molecule has 0 bridgehead atoms. The molecule has 0 aliphatic heterocycles. The molecule has 3 rings (SSSR count). The second-order valence-corrected chi connectivity index (χ2v) is 6.09. The van der Waals surface area contributed by atoms with Crippen molar-refractivity contribution < 1.29 is 14.3 Å². The minimum absolute atomic E-state index is 0.311. The largest absolute Gasteiger partial charge is 0.462 e. The van der Waals surface area contributed by atoms with Gasteiger partial charge in [0.25, 0.3) is 5.91 Å². The highest BCUT2D eigenvalue weighted by molar-refractivity contribution is 6.03. The van der Waals surface area contributed by atoms with Crippen molar-refractivity contribution in [1.29, 1.82) is 0 Å². The molecule has 1 N–H and O–H groups in total. The van der Waals surface area contributed by atoms with E-state index in [0.717, 1.165) is 17.8 Å². The SMILES string of the molecule is CCCOC(=O)c1ccc(NC(=O)c2cc(C)n(-c3ccccc3)n2)cc1. The average Bonchev–Trinajstić information content (AvgIpc) is 3.09. The van der Waals surface area contributed by atoms with Gasteiger partial charge in [0.2, 0.25) is 0 Å². The van der Waals surface area contributed by atoms with Gasteiger partial charge in [-0.05, 0) is 55.8 Å². The fourth-order valence-corrected chi connectivity index (χ4v) is 2.58. The molecule has 0 saturated heterocycles. The average molecular weight is 363 g/mol. The Morgan fingerprint density at radius 3 is 2.44 bits per heavy atom. The Morgan fingerprint density at radius 2 is 1.78 bits per heavy atom. The lowest BCUT2D eigenvalue weighted by atomic mass is 10.2. The molecule has 1 heterocycles. The molecule has 0 unspecified atom stereocenters. The van der Waals surface area contributed by atoms with Crippen LogP contribution in [0.25, 0.3) is 5.69 Å². The van der Waals surface area contributed by atoms with Crippen molar-refractivity contribution in [3.05, 3.63) is 77.6 Å². The van der Waals surface area contributed by atoms with E-state index in [9.17, 15) is 9.59 Å². The number of aromatic nitrogens is 2. The van der Waals surface area contributed by atoms with E-state index in [1.54, 1.807) is 35.0 Å². The summed E-state index contributed by atoms with van der Waals surface area (Å²) in [5.41, 5.74) is 3.11. The van der Waals surface area contributed by atoms with Gasteiger partial charge in [-0.2, -0.15) is 5.10 Å². The number of amides is 1. The molecule has 27 heavy (non-hydrogen) atoms. The first kappa shape index (κ1) is 18.4. The zero-order valence-corrected chi connectivity index (χ0v) is 15.3. The third-order valence-corrected chi connectivity index (χ3v) is 3.94. The van der Waals surface area contributed by atoms with E-state index < -0.39 is 0 Å². The highest BCUT2D eigenvalue weighted by Gasteiger charge is 2.14. The number of esters is 1. The minimum Gasteiger partial charge on any atom is -0.462 e. The number of para-hydroxylation sites is 1. The van der Waals surface area contributed by atoms with Gasteiger partial charge in [0.15, 0.2) is 5.69 Å². The zero-order chi connectivity index (χ0) is 19.2. The van der Waals surface area contributed by atoms with Crippen LogP contribution in [-0.4, -0.2) is 28.3 Å². The molecule has 6 nitrogen and oxygen atoms in total. The van der Waals surface area contributed by atoms with Gasteiger partial charge in [-0.1, -0.05) is 25.1 Å². The topological polar surface area (TPSA) is 73.2 Å². The smallest absolute Gasteiger partial charge is 0.338 e. The maximum absolute atomic E-state index is 12.5. The number of nitrogens with zero attached hydrogens (tertiary/aromatic N) is 2. The van der Waals surface area contributed by atoms with E-state index in [0.29, 0.717) is 23.6 Å². The fraction of sp³-hybridized carbons (Fsp3) is 0.190. The molecular formula is C21H21N3O3. The van der Waals surface area contributed by atoms with Crippen molar-refractivity contribution in [2.75, 3.05) is 11.9 Å². The molecule has 0 saturated carbocycles. The van der Waals surface area contributed by atoms with E-state index >= 15 is 0 Å². The molecule has 0 aliphatic carbocycles. The summed E-state index contributed by atoms with van der Waals surface area (Å²) >= 11 is 0. The Labute approximate surface area is 157 Å². The van der Waals surface area contributed by atoms with Crippen LogP contribution in [0, 0.1) is 6.92 Å². The molecular weight excluding hydrogens is 342 g/mol. The molecule has 0 radical (unpaired) electrons. The molecule has 138 valence electrons. The maximum atomic E-state index is 12.5. The van der Waals surface area contributed by atoms with Gasteiger partial charge in [-0.3, -0.25) is 4.79 Å². The van der Waals surface area contributed by atoms with E-state index in [-0.39, 0.29) is 11.9 Å². The second kappa shape index (κ2) is 8.31. The summed E-state index contributed by atoms with van der Waals surface area (Å²) in [5.74, 6) is -0.680. The Kier molecular flexibility index (Phi) is 5.66. The maximum Gasteiger partial charge on any atom is 0.338 e. The highest BCUT2D eigenvalue weighted by atomic mass is 16.5. The summed E-state index contributed by atoms with van der Waals surface area (Å²) in [6, 6.07) is 17.9. The van der Waals surface area contributed by atoms with Crippen LogP contribution in [0.4, 0.5) is 5.69 Å². The number of carbonyl (C=O) groups is 2. The Morgan fingerprint density at radius 1 is 1.07 bits per heavy atom. The molecule has 0 fully saturated rings. The predicted octanol–water partition coefficient (Wildman–Crippen LogP) is 4.00. The molecule has 3 aromatic rings. The summed E-state index contributed by atoms with van der Waals surface area (Å²) in [4.78, 5) is 24.3. The summed E-state index contributed by atoms with van der Waals surface area (Å²) in [7, 11) is 0. The third-order valence-electron chi connectivity index (χ3n) is 3.94. The van der Waals surface area contributed by atoms with Crippen LogP contribution in [0.5, 0.6) is 0 Å². The van der Waals surface area contributed by atoms with Crippen LogP contribution in [-0.2, 0) is 4.74 Å². The number of hydrogen-bond donors (Lipinski definition) is 1. The van der Waals surface area contributed by atoms with E-state index in [4.69, 9.17) is 4.74 Å². The van der Waals surface area contributed by atoms with Gasteiger partial charge in [0, 0.05) is 11.4 Å². The quantitative estimate of drug-likeness (QED) is 0.672. The summed E-state index contributed by atoms with van der Waals surface area (Å²) < 4.78 is 6.81. The summed E-state index contributed by atoms with van der Waals surface area (Å²) in [6.45, 7) is 4.22. The van der Waals surface area contributed by atoms with E-state index in [1.807, 2.05) is 44.2 Å². The lowest BCUT2D eigenvalue weighted by molar-refractivity contribution is 0.0505. The number of anilines is 1. The highest BCUT2D eigenvalue weighted by Crippen LogP contribution is 2.15. The van der Waals surface area contributed by atoms with Gasteiger partial charge < -0.3 is 10.1 Å². The number of ether oxygens (including phenoxy) is 1. The Balaban J connectivity index is 1.70. The molecule has 0 spiro atoms. The number of benzene rings is 2. The molecule has 2 aromatic carbocycles. The van der Waals surface area contributed by atoms with Crippen LogP contribution >= 0.6 is 0 Å². The first-order chi connectivity index (χ1) is 13.1. The lowest BCUT2D eigenvalue weighted by Gasteiger charge is -2.06. The molecule has 0 aliphatic rings. The number of carbonyl (C=O) groups excluding carboxylic acids is 2. The van der Waals surface area contributed by atoms with Gasteiger partial charge in [0.1, 0.15) is 0 Å². The first-order valence-corrected chi connectivity index (χ1v) is 8.79. The molecule has 0 atom stereocenters. The van der Waals surface area contributed by atoms with Gasteiger partial charge in [-0.25, -0.2) is 9.48 Å². The number of rotatable bonds is 6. The summed E-state index contributed by atoms with van der Waals surface area (Å²) in [6.07, 6.45) is 0.773. The lowest BCUT2D eigenvalue weighted by Crippen LogP contribution is -2.13. The summed E-state index contributed by atoms with van der Waals surface area (Å²) in [5, 5.41) is 7.18. The van der Waals surface area contributed by atoms with Gasteiger partial charge in [-0.15, -0.1) is 0 Å². The Hall–Kier alpha value is -3.41. The van der Waals surface area contributed by atoms with Crippen molar-refractivity contribution in [3.8, 4) is 5.69 Å². The standard InChI is InChI=1S/C21H21N3O3/c1-3-13-27-21(26)16-9-11-17(12-10-16)22-20(25)19-14-15(2)24(23-19)18-7-5-4-6-8-18/h4-12,14H,3,13H2,1-2H3,(H,22,25). The van der Waals surface area contributed by atoms with Crippen LogP contribution in [0.15, 0.2) is 60.7 Å². The zero-order valence-electron chi connectivity index (χ0n) is 15.3. The van der Waals surface area contributed by atoms with Crippen LogP contribution in [0.3, 0.4) is 0 Å².